The van der Waals surface area contributed by atoms with Crippen molar-refractivity contribution in [1.82, 2.24) is 10.2 Å². The van der Waals surface area contributed by atoms with E-state index in [2.05, 4.69) is 10.2 Å². The van der Waals surface area contributed by atoms with Gasteiger partial charge in [-0.3, -0.25) is 5.10 Å². The van der Waals surface area contributed by atoms with Crippen molar-refractivity contribution in [2.24, 2.45) is 0 Å². The number of nitrogens with one attached hydrogen (secondary N) is 1. The lowest BCUT2D eigenvalue weighted by molar-refractivity contribution is 0.0692. The number of hydrogen-bond acceptors (Lipinski definition) is 2. The van der Waals surface area contributed by atoms with Gasteiger partial charge < -0.3 is 5.11 Å². The van der Waals surface area contributed by atoms with Crippen molar-refractivity contribution in [3.63, 3.8) is 0 Å². The molecule has 72 valence electrons. The molecule has 1 aromatic heterocycles. The van der Waals surface area contributed by atoms with E-state index in [1.54, 1.807) is 0 Å². The van der Waals surface area contributed by atoms with Crippen LogP contribution < -0.4 is 0 Å². The minimum Gasteiger partial charge on any atom is -0.478 e. The number of hydrogen-bond donors (Lipinski definition) is 2. The molecule has 0 unspecified atom stereocenters. The zero-order valence-corrected chi connectivity index (χ0v) is 8.87. The van der Waals surface area contributed by atoms with Gasteiger partial charge in [0.1, 0.15) is 9.52 Å². The third-order valence-corrected chi connectivity index (χ3v) is 2.65. The summed E-state index contributed by atoms with van der Waals surface area (Å²) in [6, 6.07) is 2.38. The lowest BCUT2D eigenvalue weighted by Gasteiger charge is -1.96. The Hall–Kier alpha value is -1.18. The number of fused-ring (bicyclic) bond motifs is 1. The second-order valence-corrected chi connectivity index (χ2v) is 3.77. The topological polar surface area (TPSA) is 66.0 Å². The van der Waals surface area contributed by atoms with Gasteiger partial charge in [-0.05, 0) is 34.7 Å². The molecule has 0 amide bonds. The van der Waals surface area contributed by atoms with Crippen molar-refractivity contribution >= 4 is 39.5 Å². The quantitative estimate of drug-likeness (QED) is 0.792. The van der Waals surface area contributed by atoms with Gasteiger partial charge in [-0.2, -0.15) is 5.10 Å². The number of aromatic nitrogens is 2. The summed E-state index contributed by atoms with van der Waals surface area (Å²) in [6.45, 7) is 0. The maximum Gasteiger partial charge on any atom is 0.338 e. The Labute approximate surface area is 91.3 Å². The molecule has 0 fully saturated rings. The van der Waals surface area contributed by atoms with Crippen molar-refractivity contribution in [1.29, 1.82) is 0 Å². The lowest BCUT2D eigenvalue weighted by atomic mass is 10.1. The fraction of sp³-hybridized carbons (Fsp3) is 0. The molecule has 2 rings (SSSR count). The van der Waals surface area contributed by atoms with Gasteiger partial charge in [0.2, 0.25) is 0 Å². The molecule has 0 saturated carbocycles. The standard InChI is InChI=1S/C8H4FIN2O2/c9-5-1-4-6(11-12-7(4)10)2-3(5)8(13)14/h1-2H,(H,11,12)(H,13,14). The highest BCUT2D eigenvalue weighted by atomic mass is 127. The molecule has 0 aliphatic rings. The summed E-state index contributed by atoms with van der Waals surface area (Å²) in [5.41, 5.74) is 0.0913. The summed E-state index contributed by atoms with van der Waals surface area (Å²) < 4.78 is 13.9. The van der Waals surface area contributed by atoms with Crippen LogP contribution in [0.25, 0.3) is 10.9 Å². The van der Waals surface area contributed by atoms with E-state index in [0.29, 0.717) is 14.6 Å². The average Bonchev–Trinajstić information content (AvgIpc) is 2.46. The van der Waals surface area contributed by atoms with E-state index < -0.39 is 11.8 Å². The molecule has 0 aliphatic carbocycles. The minimum absolute atomic E-state index is 0.361. The lowest BCUT2D eigenvalue weighted by Crippen LogP contribution is -1.99. The van der Waals surface area contributed by atoms with Crippen molar-refractivity contribution in [3.05, 3.63) is 27.2 Å². The Morgan fingerprint density at radius 1 is 1.57 bits per heavy atom. The van der Waals surface area contributed by atoms with E-state index in [4.69, 9.17) is 5.11 Å². The smallest absolute Gasteiger partial charge is 0.338 e. The number of aromatic carboxylic acids is 1. The minimum atomic E-state index is -1.29. The van der Waals surface area contributed by atoms with Crippen LogP contribution in [0, 0.1) is 9.52 Å². The third kappa shape index (κ3) is 1.35. The fourth-order valence-corrected chi connectivity index (χ4v) is 1.72. The number of halogens is 2. The molecule has 0 saturated heterocycles. The molecule has 0 bridgehead atoms. The van der Waals surface area contributed by atoms with Crippen LogP contribution in [-0.2, 0) is 0 Å². The van der Waals surface area contributed by atoms with Crippen molar-refractivity contribution < 1.29 is 14.3 Å². The van der Waals surface area contributed by atoms with Crippen molar-refractivity contribution in [3.8, 4) is 0 Å². The molecule has 6 heteroatoms. The van der Waals surface area contributed by atoms with Crippen LogP contribution >= 0.6 is 22.6 Å². The highest BCUT2D eigenvalue weighted by Crippen LogP contribution is 2.21. The number of carbonyl (C=O) groups is 1. The molecule has 14 heavy (non-hydrogen) atoms. The van der Waals surface area contributed by atoms with Gasteiger partial charge in [0.15, 0.2) is 0 Å². The number of rotatable bonds is 1. The third-order valence-electron chi connectivity index (χ3n) is 1.83. The van der Waals surface area contributed by atoms with Crippen LogP contribution in [-0.4, -0.2) is 21.3 Å². The van der Waals surface area contributed by atoms with E-state index >= 15 is 0 Å². The number of nitrogens with zero attached hydrogens (tertiary/aromatic N) is 1. The normalized spacial score (nSPS) is 10.7. The maximum absolute atomic E-state index is 13.2. The zero-order chi connectivity index (χ0) is 10.3. The molecule has 0 atom stereocenters. The van der Waals surface area contributed by atoms with Crippen molar-refractivity contribution in [2.75, 3.05) is 0 Å². The first-order valence-electron chi connectivity index (χ1n) is 3.66. The maximum atomic E-state index is 13.2. The second-order valence-electron chi connectivity index (χ2n) is 2.69. The monoisotopic (exact) mass is 306 g/mol. The second kappa shape index (κ2) is 3.19. The van der Waals surface area contributed by atoms with Gasteiger partial charge in [0, 0.05) is 5.39 Å². The number of carboxylic acids is 1. The first-order valence-corrected chi connectivity index (χ1v) is 4.74. The molecule has 2 aromatic rings. The van der Waals surface area contributed by atoms with Crippen molar-refractivity contribution in [2.45, 2.75) is 0 Å². The first kappa shape index (κ1) is 9.38. The molecule has 2 N–H and O–H groups in total. The molecule has 4 nitrogen and oxygen atoms in total. The van der Waals surface area contributed by atoms with Gasteiger partial charge >= 0.3 is 5.97 Å². The summed E-state index contributed by atoms with van der Waals surface area (Å²) in [7, 11) is 0. The predicted octanol–water partition coefficient (Wildman–Crippen LogP) is 2.00. The van der Waals surface area contributed by atoms with E-state index in [1.807, 2.05) is 22.6 Å². The highest BCUT2D eigenvalue weighted by molar-refractivity contribution is 14.1. The van der Waals surface area contributed by atoms with Crippen LogP contribution in [0.2, 0.25) is 0 Å². The van der Waals surface area contributed by atoms with Crippen LogP contribution in [0.15, 0.2) is 12.1 Å². The number of carboxylic acid groups (broad SMARTS) is 1. The molecule has 0 spiro atoms. The Kier molecular flexibility index (Phi) is 2.14. The van der Waals surface area contributed by atoms with E-state index in [9.17, 15) is 9.18 Å². The Balaban J connectivity index is 2.79. The summed E-state index contributed by atoms with van der Waals surface area (Å²) >= 11 is 1.97. The molecule has 1 aromatic carbocycles. The average molecular weight is 306 g/mol. The van der Waals surface area contributed by atoms with Gasteiger partial charge in [-0.25, -0.2) is 9.18 Å². The van der Waals surface area contributed by atoms with Gasteiger partial charge in [0.25, 0.3) is 0 Å². The van der Waals surface area contributed by atoms with E-state index in [0.717, 1.165) is 0 Å². The van der Waals surface area contributed by atoms with E-state index in [-0.39, 0.29) is 5.56 Å². The van der Waals surface area contributed by atoms with Gasteiger partial charge in [-0.15, -0.1) is 0 Å². The van der Waals surface area contributed by atoms with Crippen LogP contribution in [0.3, 0.4) is 0 Å². The largest absolute Gasteiger partial charge is 0.478 e. The Bertz CT molecular complexity index is 523. The number of aromatic amines is 1. The highest BCUT2D eigenvalue weighted by Gasteiger charge is 2.14. The molecular weight excluding hydrogens is 302 g/mol. The van der Waals surface area contributed by atoms with Gasteiger partial charge in [0.05, 0.1) is 11.1 Å². The Morgan fingerprint density at radius 2 is 2.29 bits per heavy atom. The molecule has 0 radical (unpaired) electrons. The fourth-order valence-electron chi connectivity index (χ4n) is 1.16. The number of H-pyrrole nitrogens is 1. The Morgan fingerprint density at radius 3 is 2.93 bits per heavy atom. The van der Waals surface area contributed by atoms with Crippen LogP contribution in [0.1, 0.15) is 10.4 Å². The van der Waals surface area contributed by atoms with Crippen LogP contribution in [0.4, 0.5) is 4.39 Å². The first-order chi connectivity index (χ1) is 6.59. The SMILES string of the molecule is O=C(O)c1cc2n[nH]c(I)c2cc1F. The summed E-state index contributed by atoms with van der Waals surface area (Å²) in [5, 5.41) is 15.7. The summed E-state index contributed by atoms with van der Waals surface area (Å²) in [6.07, 6.45) is 0. The zero-order valence-electron chi connectivity index (χ0n) is 6.71. The van der Waals surface area contributed by atoms with Gasteiger partial charge in [-0.1, -0.05) is 0 Å². The summed E-state index contributed by atoms with van der Waals surface area (Å²) in [4.78, 5) is 10.6. The summed E-state index contributed by atoms with van der Waals surface area (Å²) in [5.74, 6) is -2.04. The van der Waals surface area contributed by atoms with E-state index in [1.165, 1.54) is 12.1 Å². The number of benzene rings is 1. The molecule has 0 aliphatic heterocycles. The van der Waals surface area contributed by atoms with Crippen LogP contribution in [0.5, 0.6) is 0 Å². The molecular formula is C8H4FIN2O2. The molecule has 1 heterocycles. The predicted molar refractivity (Wildman–Crippen MR) is 55.7 cm³/mol.